The average Bonchev–Trinajstić information content (AvgIpc) is 2.10. The molecule has 0 saturated carbocycles. The van der Waals surface area contributed by atoms with E-state index in [9.17, 15) is 9.59 Å². The number of esters is 1. The Balaban J connectivity index is 2.67. The van der Waals surface area contributed by atoms with E-state index < -0.39 is 11.9 Å². The first-order valence-electron chi connectivity index (χ1n) is 4.37. The van der Waals surface area contributed by atoms with Crippen LogP contribution in [0.3, 0.4) is 0 Å². The van der Waals surface area contributed by atoms with Crippen LogP contribution in [0.25, 0.3) is 0 Å². The van der Waals surface area contributed by atoms with Gasteiger partial charge in [0.25, 0.3) is 0 Å². The first-order chi connectivity index (χ1) is 6.06. The molecule has 0 radical (unpaired) electrons. The predicted octanol–water partition coefficient (Wildman–Crippen LogP) is 0.0687. The van der Waals surface area contributed by atoms with Crippen molar-refractivity contribution in [1.29, 1.82) is 0 Å². The van der Waals surface area contributed by atoms with Crippen molar-refractivity contribution >= 4 is 11.8 Å². The molecule has 4 heteroatoms. The molecule has 1 aliphatic heterocycles. The Labute approximate surface area is 77.8 Å². The molecule has 0 amide bonds. The van der Waals surface area contributed by atoms with Crippen LogP contribution in [-0.4, -0.2) is 43.4 Å². The largest absolute Gasteiger partial charge is 0.468 e. The van der Waals surface area contributed by atoms with E-state index in [4.69, 9.17) is 0 Å². The molecule has 0 aromatic heterocycles. The zero-order valence-electron chi connectivity index (χ0n) is 8.24. The van der Waals surface area contributed by atoms with Gasteiger partial charge >= 0.3 is 5.97 Å². The highest BCUT2D eigenvalue weighted by atomic mass is 16.5. The molecular weight excluding hydrogens is 170 g/mol. The normalized spacial score (nSPS) is 30.2. The third-order valence-electron chi connectivity index (χ3n) is 2.59. The standard InChI is InChI=1S/C9H15NO3/c1-6-4-8(11)7(5-10(6)2)9(12)13-3/h6-7H,4-5H2,1-3H3. The fraction of sp³-hybridized carbons (Fsp3) is 0.778. The van der Waals surface area contributed by atoms with Crippen molar-refractivity contribution in [2.24, 2.45) is 5.92 Å². The zero-order chi connectivity index (χ0) is 10.0. The summed E-state index contributed by atoms with van der Waals surface area (Å²) >= 11 is 0. The van der Waals surface area contributed by atoms with E-state index in [0.29, 0.717) is 13.0 Å². The van der Waals surface area contributed by atoms with Crippen LogP contribution in [0.1, 0.15) is 13.3 Å². The average molecular weight is 185 g/mol. The van der Waals surface area contributed by atoms with Gasteiger partial charge in [-0.1, -0.05) is 0 Å². The van der Waals surface area contributed by atoms with E-state index in [0.717, 1.165) is 0 Å². The molecule has 1 heterocycles. The molecule has 0 aromatic carbocycles. The van der Waals surface area contributed by atoms with E-state index in [-0.39, 0.29) is 11.8 Å². The second-order valence-corrected chi connectivity index (χ2v) is 3.53. The minimum absolute atomic E-state index is 0.00236. The van der Waals surface area contributed by atoms with Crippen LogP contribution in [-0.2, 0) is 14.3 Å². The number of carbonyl (C=O) groups excluding carboxylic acids is 2. The zero-order valence-corrected chi connectivity index (χ0v) is 8.24. The van der Waals surface area contributed by atoms with E-state index in [1.807, 2.05) is 18.9 Å². The molecule has 0 N–H and O–H groups in total. The SMILES string of the molecule is COC(=O)C1CN(C)C(C)CC1=O. The van der Waals surface area contributed by atoms with Gasteiger partial charge in [-0.15, -0.1) is 0 Å². The summed E-state index contributed by atoms with van der Waals surface area (Å²) in [5.41, 5.74) is 0. The van der Waals surface area contributed by atoms with Gasteiger partial charge in [0, 0.05) is 19.0 Å². The van der Waals surface area contributed by atoms with Crippen LogP contribution >= 0.6 is 0 Å². The van der Waals surface area contributed by atoms with Crippen molar-refractivity contribution in [3.05, 3.63) is 0 Å². The molecule has 0 aromatic rings. The molecule has 0 bridgehead atoms. The van der Waals surface area contributed by atoms with Crippen LogP contribution in [0.15, 0.2) is 0 Å². The van der Waals surface area contributed by atoms with E-state index in [2.05, 4.69) is 4.74 Å². The van der Waals surface area contributed by atoms with Crippen molar-refractivity contribution in [3.63, 3.8) is 0 Å². The highest BCUT2D eigenvalue weighted by Crippen LogP contribution is 2.17. The van der Waals surface area contributed by atoms with Crippen molar-refractivity contribution in [2.75, 3.05) is 20.7 Å². The van der Waals surface area contributed by atoms with Crippen LogP contribution in [0.4, 0.5) is 0 Å². The topological polar surface area (TPSA) is 46.6 Å². The summed E-state index contributed by atoms with van der Waals surface area (Å²) in [6.45, 7) is 2.46. The van der Waals surface area contributed by atoms with Crippen molar-refractivity contribution in [3.8, 4) is 0 Å². The van der Waals surface area contributed by atoms with Gasteiger partial charge in [-0.25, -0.2) is 0 Å². The summed E-state index contributed by atoms with van der Waals surface area (Å²) in [6.07, 6.45) is 0.441. The maximum absolute atomic E-state index is 11.4. The fourth-order valence-electron chi connectivity index (χ4n) is 1.51. The van der Waals surface area contributed by atoms with Gasteiger partial charge in [0.15, 0.2) is 0 Å². The predicted molar refractivity (Wildman–Crippen MR) is 47.2 cm³/mol. The van der Waals surface area contributed by atoms with Gasteiger partial charge in [0.1, 0.15) is 11.7 Å². The van der Waals surface area contributed by atoms with E-state index in [1.165, 1.54) is 7.11 Å². The van der Waals surface area contributed by atoms with Gasteiger partial charge < -0.3 is 9.64 Å². The number of carbonyl (C=O) groups is 2. The Morgan fingerprint density at radius 2 is 2.23 bits per heavy atom. The highest BCUT2D eigenvalue weighted by Gasteiger charge is 2.35. The molecule has 13 heavy (non-hydrogen) atoms. The molecule has 1 fully saturated rings. The number of Topliss-reactive ketones (excluding diaryl/α,β-unsaturated/α-hetero) is 1. The number of nitrogens with zero attached hydrogens (tertiary/aromatic N) is 1. The Morgan fingerprint density at radius 1 is 1.62 bits per heavy atom. The summed E-state index contributed by atoms with van der Waals surface area (Å²) in [4.78, 5) is 24.6. The van der Waals surface area contributed by atoms with Gasteiger partial charge in [0.2, 0.25) is 0 Å². The first-order valence-corrected chi connectivity index (χ1v) is 4.37. The Kier molecular flexibility index (Phi) is 3.03. The number of ether oxygens (including phenoxy) is 1. The molecule has 4 nitrogen and oxygen atoms in total. The molecular formula is C9H15NO3. The van der Waals surface area contributed by atoms with Crippen molar-refractivity contribution < 1.29 is 14.3 Å². The minimum atomic E-state index is -0.578. The van der Waals surface area contributed by atoms with Crippen LogP contribution in [0.5, 0.6) is 0 Å². The maximum atomic E-state index is 11.4. The summed E-state index contributed by atoms with van der Waals surface area (Å²) < 4.78 is 4.56. The second kappa shape index (κ2) is 3.87. The van der Waals surface area contributed by atoms with Crippen LogP contribution in [0.2, 0.25) is 0 Å². The third-order valence-corrected chi connectivity index (χ3v) is 2.59. The van der Waals surface area contributed by atoms with Gasteiger partial charge in [0.05, 0.1) is 7.11 Å². The Morgan fingerprint density at radius 3 is 2.77 bits per heavy atom. The maximum Gasteiger partial charge on any atom is 0.317 e. The minimum Gasteiger partial charge on any atom is -0.468 e. The molecule has 2 atom stereocenters. The van der Waals surface area contributed by atoms with Crippen molar-refractivity contribution in [2.45, 2.75) is 19.4 Å². The summed E-state index contributed by atoms with van der Waals surface area (Å²) in [7, 11) is 3.22. The number of hydrogen-bond acceptors (Lipinski definition) is 4. The monoisotopic (exact) mass is 185 g/mol. The van der Waals surface area contributed by atoms with Gasteiger partial charge in [-0.2, -0.15) is 0 Å². The molecule has 74 valence electrons. The summed E-state index contributed by atoms with van der Waals surface area (Å²) in [5, 5.41) is 0. The second-order valence-electron chi connectivity index (χ2n) is 3.53. The third kappa shape index (κ3) is 2.06. The highest BCUT2D eigenvalue weighted by molar-refractivity contribution is 6.00. The van der Waals surface area contributed by atoms with E-state index in [1.54, 1.807) is 0 Å². The number of rotatable bonds is 1. The van der Waals surface area contributed by atoms with Crippen molar-refractivity contribution in [1.82, 2.24) is 4.90 Å². The lowest BCUT2D eigenvalue weighted by Gasteiger charge is -2.32. The first kappa shape index (κ1) is 10.2. The van der Waals surface area contributed by atoms with E-state index >= 15 is 0 Å². The number of hydrogen-bond donors (Lipinski definition) is 0. The molecule has 2 unspecified atom stereocenters. The fourth-order valence-corrected chi connectivity index (χ4v) is 1.51. The Bertz CT molecular complexity index is 227. The van der Waals surface area contributed by atoms with Gasteiger partial charge in [-0.3, -0.25) is 9.59 Å². The lowest BCUT2D eigenvalue weighted by Crippen LogP contribution is -2.47. The van der Waals surface area contributed by atoms with Crippen LogP contribution < -0.4 is 0 Å². The summed E-state index contributed by atoms with van der Waals surface area (Å²) in [5.74, 6) is -0.993. The lowest BCUT2D eigenvalue weighted by atomic mass is 9.93. The lowest BCUT2D eigenvalue weighted by molar-refractivity contribution is -0.152. The quantitative estimate of drug-likeness (QED) is 0.428. The van der Waals surface area contributed by atoms with Crippen LogP contribution in [0, 0.1) is 5.92 Å². The molecule has 1 aliphatic rings. The number of likely N-dealkylation sites (tertiary alicyclic amines) is 1. The molecule has 1 saturated heterocycles. The number of piperidine rings is 1. The smallest absolute Gasteiger partial charge is 0.317 e. The molecule has 0 aliphatic carbocycles. The van der Waals surface area contributed by atoms with Gasteiger partial charge in [-0.05, 0) is 14.0 Å². The Hall–Kier alpha value is -0.900. The summed E-state index contributed by atoms with van der Waals surface area (Å²) in [6, 6.07) is 0.230. The number of ketones is 1. The molecule has 0 spiro atoms. The molecule has 1 rings (SSSR count). The number of methoxy groups -OCH3 is 1.